The van der Waals surface area contributed by atoms with Gasteiger partial charge in [0.2, 0.25) is 0 Å². The fourth-order valence-corrected chi connectivity index (χ4v) is 1.85. The zero-order valence-electron chi connectivity index (χ0n) is 11.6. The summed E-state index contributed by atoms with van der Waals surface area (Å²) in [6, 6.07) is 9.00. The van der Waals surface area contributed by atoms with E-state index in [0.29, 0.717) is 31.1 Å². The highest BCUT2D eigenvalue weighted by Gasteiger charge is 2.04. The highest BCUT2D eigenvalue weighted by atomic mass is 16.5. The molecular weight excluding hydrogens is 254 g/mol. The zero-order chi connectivity index (χ0) is 14.4. The molecule has 2 rings (SSSR count). The van der Waals surface area contributed by atoms with Crippen LogP contribution in [0.1, 0.15) is 19.0 Å². The van der Waals surface area contributed by atoms with E-state index in [0.717, 1.165) is 17.7 Å². The molecule has 1 aromatic carbocycles. The number of nitrogens with one attached hydrogen (secondary N) is 1. The molecule has 0 aliphatic rings. The fraction of sp³-hybridized carbons (Fsp3) is 0.333. The van der Waals surface area contributed by atoms with Crippen LogP contribution >= 0.6 is 0 Å². The van der Waals surface area contributed by atoms with E-state index in [1.807, 2.05) is 24.3 Å². The van der Waals surface area contributed by atoms with Gasteiger partial charge in [-0.2, -0.15) is 0 Å². The lowest BCUT2D eigenvalue weighted by atomic mass is 10.2. The van der Waals surface area contributed by atoms with Crippen LogP contribution in [-0.2, 0) is 6.42 Å². The highest BCUT2D eigenvalue weighted by molar-refractivity contribution is 5.56. The molecule has 20 heavy (non-hydrogen) atoms. The predicted octanol–water partition coefficient (Wildman–Crippen LogP) is 1.73. The van der Waals surface area contributed by atoms with Gasteiger partial charge in [0.1, 0.15) is 11.6 Å². The summed E-state index contributed by atoms with van der Waals surface area (Å²) in [6.07, 6.45) is 1.56. The standard InChI is InChI=1S/C15H19N3O2/c1-2-9-20-13-5-3-11(4-6-13)15-17-12(7-8-16)10-14(19)18-15/h3-6,10H,2,7-9,16H2,1H3,(H,17,18,19). The average Bonchev–Trinajstić information content (AvgIpc) is 2.45. The summed E-state index contributed by atoms with van der Waals surface area (Å²) < 4.78 is 5.52. The highest BCUT2D eigenvalue weighted by Crippen LogP contribution is 2.19. The summed E-state index contributed by atoms with van der Waals surface area (Å²) >= 11 is 0. The zero-order valence-corrected chi connectivity index (χ0v) is 11.6. The third-order valence-corrected chi connectivity index (χ3v) is 2.80. The Morgan fingerprint density at radius 3 is 2.70 bits per heavy atom. The molecule has 1 heterocycles. The summed E-state index contributed by atoms with van der Waals surface area (Å²) in [6.45, 7) is 3.23. The number of ether oxygens (including phenoxy) is 1. The molecule has 0 aliphatic heterocycles. The molecule has 0 amide bonds. The van der Waals surface area contributed by atoms with E-state index >= 15 is 0 Å². The lowest BCUT2D eigenvalue weighted by Crippen LogP contribution is -2.13. The average molecular weight is 273 g/mol. The molecule has 0 bridgehead atoms. The monoisotopic (exact) mass is 273 g/mol. The second kappa shape index (κ2) is 6.86. The molecule has 0 saturated carbocycles. The van der Waals surface area contributed by atoms with Gasteiger partial charge < -0.3 is 15.5 Å². The van der Waals surface area contributed by atoms with Crippen molar-refractivity contribution in [3.8, 4) is 17.1 Å². The second-order valence-corrected chi connectivity index (χ2v) is 4.50. The Morgan fingerprint density at radius 1 is 1.30 bits per heavy atom. The number of hydrogen-bond acceptors (Lipinski definition) is 4. The van der Waals surface area contributed by atoms with E-state index in [4.69, 9.17) is 10.5 Å². The van der Waals surface area contributed by atoms with Crippen molar-refractivity contribution in [1.82, 2.24) is 9.97 Å². The van der Waals surface area contributed by atoms with Crippen molar-refractivity contribution in [1.29, 1.82) is 0 Å². The van der Waals surface area contributed by atoms with Gasteiger partial charge in [-0.05, 0) is 37.2 Å². The number of benzene rings is 1. The van der Waals surface area contributed by atoms with Crippen molar-refractivity contribution in [2.75, 3.05) is 13.2 Å². The Bertz CT molecular complexity index is 605. The Hall–Kier alpha value is -2.14. The summed E-state index contributed by atoms with van der Waals surface area (Å²) in [7, 11) is 0. The van der Waals surface area contributed by atoms with Crippen LogP contribution in [0.2, 0.25) is 0 Å². The predicted molar refractivity (Wildman–Crippen MR) is 78.8 cm³/mol. The molecule has 5 heteroatoms. The largest absolute Gasteiger partial charge is 0.494 e. The number of nitrogens with zero attached hydrogens (tertiary/aromatic N) is 1. The van der Waals surface area contributed by atoms with Crippen LogP contribution in [-0.4, -0.2) is 23.1 Å². The normalized spacial score (nSPS) is 10.5. The molecule has 0 spiro atoms. The van der Waals surface area contributed by atoms with Crippen molar-refractivity contribution < 1.29 is 4.74 Å². The van der Waals surface area contributed by atoms with Crippen LogP contribution < -0.4 is 16.0 Å². The first-order chi connectivity index (χ1) is 9.72. The van der Waals surface area contributed by atoms with E-state index in [1.54, 1.807) is 0 Å². The number of rotatable bonds is 6. The van der Waals surface area contributed by atoms with Crippen LogP contribution in [0, 0.1) is 0 Å². The minimum Gasteiger partial charge on any atom is -0.494 e. The maximum atomic E-state index is 11.6. The van der Waals surface area contributed by atoms with E-state index < -0.39 is 0 Å². The Balaban J connectivity index is 2.24. The van der Waals surface area contributed by atoms with E-state index in [1.165, 1.54) is 6.07 Å². The Morgan fingerprint density at radius 2 is 2.05 bits per heavy atom. The summed E-state index contributed by atoms with van der Waals surface area (Å²) in [5.74, 6) is 1.37. The van der Waals surface area contributed by atoms with Gasteiger partial charge in [-0.3, -0.25) is 4.79 Å². The molecule has 106 valence electrons. The molecule has 0 fully saturated rings. The quantitative estimate of drug-likeness (QED) is 0.839. The number of hydrogen-bond donors (Lipinski definition) is 2. The molecule has 0 radical (unpaired) electrons. The van der Waals surface area contributed by atoms with E-state index in [-0.39, 0.29) is 5.56 Å². The first-order valence-corrected chi connectivity index (χ1v) is 6.76. The van der Waals surface area contributed by atoms with Gasteiger partial charge in [0.15, 0.2) is 0 Å². The number of nitrogens with two attached hydrogens (primary N) is 1. The molecule has 0 aliphatic carbocycles. The first-order valence-electron chi connectivity index (χ1n) is 6.76. The molecule has 0 atom stereocenters. The topological polar surface area (TPSA) is 81.0 Å². The molecule has 3 N–H and O–H groups in total. The van der Waals surface area contributed by atoms with Crippen LogP contribution in [0.15, 0.2) is 35.1 Å². The summed E-state index contributed by atoms with van der Waals surface area (Å²) in [5.41, 5.74) is 6.89. The van der Waals surface area contributed by atoms with Crippen molar-refractivity contribution in [3.63, 3.8) is 0 Å². The number of H-pyrrole nitrogens is 1. The van der Waals surface area contributed by atoms with Gasteiger partial charge in [0.05, 0.1) is 6.61 Å². The van der Waals surface area contributed by atoms with Crippen LogP contribution in [0.25, 0.3) is 11.4 Å². The molecule has 0 unspecified atom stereocenters. The number of aromatic nitrogens is 2. The van der Waals surface area contributed by atoms with E-state index in [2.05, 4.69) is 16.9 Å². The Labute approximate surface area is 117 Å². The van der Waals surface area contributed by atoms with Gasteiger partial charge in [0, 0.05) is 23.7 Å². The van der Waals surface area contributed by atoms with Gasteiger partial charge >= 0.3 is 0 Å². The third-order valence-electron chi connectivity index (χ3n) is 2.80. The lowest BCUT2D eigenvalue weighted by molar-refractivity contribution is 0.317. The number of aromatic amines is 1. The second-order valence-electron chi connectivity index (χ2n) is 4.50. The smallest absolute Gasteiger partial charge is 0.251 e. The van der Waals surface area contributed by atoms with Crippen molar-refractivity contribution in [3.05, 3.63) is 46.4 Å². The maximum absolute atomic E-state index is 11.6. The van der Waals surface area contributed by atoms with Gasteiger partial charge in [-0.1, -0.05) is 6.92 Å². The van der Waals surface area contributed by atoms with Gasteiger partial charge in [-0.15, -0.1) is 0 Å². The third kappa shape index (κ3) is 3.68. The van der Waals surface area contributed by atoms with Crippen molar-refractivity contribution in [2.24, 2.45) is 5.73 Å². The fourth-order valence-electron chi connectivity index (χ4n) is 1.85. The maximum Gasteiger partial charge on any atom is 0.251 e. The molecule has 0 saturated heterocycles. The summed E-state index contributed by atoms with van der Waals surface area (Å²) in [4.78, 5) is 18.8. The van der Waals surface area contributed by atoms with Crippen molar-refractivity contribution in [2.45, 2.75) is 19.8 Å². The minimum atomic E-state index is -0.162. The SMILES string of the molecule is CCCOc1ccc(-c2nc(CCN)cc(=O)[nH]2)cc1. The Kier molecular flexibility index (Phi) is 4.90. The van der Waals surface area contributed by atoms with Crippen LogP contribution in [0.3, 0.4) is 0 Å². The van der Waals surface area contributed by atoms with Crippen LogP contribution in [0.4, 0.5) is 0 Å². The molecule has 5 nitrogen and oxygen atoms in total. The molecule has 1 aromatic heterocycles. The lowest BCUT2D eigenvalue weighted by Gasteiger charge is -2.06. The molecular formula is C15H19N3O2. The van der Waals surface area contributed by atoms with Crippen LogP contribution in [0.5, 0.6) is 5.75 Å². The molecule has 2 aromatic rings. The van der Waals surface area contributed by atoms with Gasteiger partial charge in [-0.25, -0.2) is 4.98 Å². The summed E-state index contributed by atoms with van der Waals surface area (Å²) in [5, 5.41) is 0. The minimum absolute atomic E-state index is 0.162. The van der Waals surface area contributed by atoms with Gasteiger partial charge in [0.25, 0.3) is 5.56 Å². The van der Waals surface area contributed by atoms with E-state index in [9.17, 15) is 4.79 Å². The van der Waals surface area contributed by atoms with Crippen molar-refractivity contribution >= 4 is 0 Å². The first kappa shape index (κ1) is 14.3.